The van der Waals surface area contributed by atoms with Gasteiger partial charge in [-0.1, -0.05) is 60.4 Å². The van der Waals surface area contributed by atoms with Crippen LogP contribution < -0.4 is 0 Å². The molecule has 0 amide bonds. The molecule has 1 N–H and O–H groups in total. The van der Waals surface area contributed by atoms with Crippen LogP contribution in [-0.2, 0) is 11.3 Å². The van der Waals surface area contributed by atoms with Crippen LogP contribution in [0.4, 0.5) is 0 Å². The molecule has 0 heterocycles. The van der Waals surface area contributed by atoms with Crippen LogP contribution in [0.2, 0.25) is 0 Å². The Kier molecular flexibility index (Phi) is 6.79. The molecule has 110 valence electrons. The van der Waals surface area contributed by atoms with Gasteiger partial charge in [0.05, 0.1) is 19.3 Å². The quantitative estimate of drug-likeness (QED) is 0.858. The first kappa shape index (κ1) is 15.9. The molecule has 0 saturated carbocycles. The molecule has 0 fully saturated rings. The van der Waals surface area contributed by atoms with Gasteiger partial charge in [-0.3, -0.25) is 0 Å². The lowest BCUT2D eigenvalue weighted by molar-refractivity contribution is 0.0311. The van der Waals surface area contributed by atoms with Gasteiger partial charge in [0.2, 0.25) is 0 Å². The predicted octanol–water partition coefficient (Wildman–Crippen LogP) is 3.01. The number of hydrogen-bond acceptors (Lipinski definition) is 2. The van der Waals surface area contributed by atoms with Crippen molar-refractivity contribution in [2.75, 3.05) is 6.61 Å². The molecule has 0 aliphatic rings. The molecule has 2 heteroatoms. The number of hydrogen-bond donors (Lipinski definition) is 1. The Morgan fingerprint density at radius 3 is 2.32 bits per heavy atom. The summed E-state index contributed by atoms with van der Waals surface area (Å²) in [5, 5.41) is 9.77. The summed E-state index contributed by atoms with van der Waals surface area (Å²) in [7, 11) is 0. The van der Waals surface area contributed by atoms with Crippen LogP contribution in [0.15, 0.2) is 60.7 Å². The van der Waals surface area contributed by atoms with Crippen LogP contribution >= 0.6 is 0 Å². The van der Waals surface area contributed by atoms with Gasteiger partial charge in [0.25, 0.3) is 0 Å². The number of rotatable bonds is 5. The zero-order chi connectivity index (χ0) is 15.5. The molecule has 2 aromatic rings. The van der Waals surface area contributed by atoms with Crippen molar-refractivity contribution in [1.82, 2.24) is 0 Å². The monoisotopic (exact) mass is 290 g/mol. The van der Waals surface area contributed by atoms with E-state index in [-0.39, 0.29) is 6.61 Å². The van der Waals surface area contributed by atoms with Crippen molar-refractivity contribution in [2.24, 2.45) is 0 Å². The predicted molar refractivity (Wildman–Crippen MR) is 87.8 cm³/mol. The zero-order valence-electron chi connectivity index (χ0n) is 12.3. The molecule has 0 aromatic heterocycles. The molecule has 2 rings (SSSR count). The molecule has 2 nitrogen and oxygen atoms in total. The SMILES string of the molecule is O[C@H](CC#CC#Cc1ccccc1)COCc1ccccc1. The molecule has 0 bridgehead atoms. The summed E-state index contributed by atoms with van der Waals surface area (Å²) < 4.78 is 5.45. The van der Waals surface area contributed by atoms with Crippen molar-refractivity contribution in [3.63, 3.8) is 0 Å². The molecule has 1 atom stereocenters. The van der Waals surface area contributed by atoms with Gasteiger partial charge in [0.15, 0.2) is 0 Å². The van der Waals surface area contributed by atoms with E-state index in [4.69, 9.17) is 4.74 Å². The van der Waals surface area contributed by atoms with E-state index in [1.165, 1.54) is 0 Å². The maximum Gasteiger partial charge on any atom is 0.0883 e. The Morgan fingerprint density at radius 2 is 1.59 bits per heavy atom. The van der Waals surface area contributed by atoms with Crippen molar-refractivity contribution in [1.29, 1.82) is 0 Å². The molecule has 0 spiro atoms. The summed E-state index contributed by atoms with van der Waals surface area (Å²) in [5.74, 6) is 11.3. The molecular weight excluding hydrogens is 272 g/mol. The lowest BCUT2D eigenvalue weighted by atomic mass is 10.2. The average molecular weight is 290 g/mol. The van der Waals surface area contributed by atoms with Gasteiger partial charge in [0, 0.05) is 12.0 Å². The Balaban J connectivity index is 1.67. The highest BCUT2D eigenvalue weighted by atomic mass is 16.5. The van der Waals surface area contributed by atoms with Crippen LogP contribution in [0.25, 0.3) is 0 Å². The maximum absolute atomic E-state index is 9.77. The Morgan fingerprint density at radius 1 is 0.909 bits per heavy atom. The molecule has 0 unspecified atom stereocenters. The number of aliphatic hydroxyl groups is 1. The third kappa shape index (κ3) is 6.29. The lowest BCUT2D eigenvalue weighted by Crippen LogP contribution is -2.14. The van der Waals surface area contributed by atoms with E-state index < -0.39 is 6.10 Å². The van der Waals surface area contributed by atoms with Crippen LogP contribution in [0.3, 0.4) is 0 Å². The van der Waals surface area contributed by atoms with Gasteiger partial charge in [-0.15, -0.1) is 0 Å². The van der Waals surface area contributed by atoms with Gasteiger partial charge in [-0.2, -0.15) is 0 Å². The third-order valence-corrected chi connectivity index (χ3v) is 2.89. The summed E-state index contributed by atoms with van der Waals surface area (Å²) in [6.45, 7) is 0.773. The lowest BCUT2D eigenvalue weighted by Gasteiger charge is -2.08. The van der Waals surface area contributed by atoms with E-state index in [0.29, 0.717) is 13.0 Å². The minimum atomic E-state index is -0.588. The van der Waals surface area contributed by atoms with E-state index >= 15 is 0 Å². The van der Waals surface area contributed by atoms with E-state index in [1.54, 1.807) is 0 Å². The van der Waals surface area contributed by atoms with Crippen LogP contribution in [0.1, 0.15) is 17.5 Å². The molecule has 0 radical (unpaired) electrons. The second kappa shape index (κ2) is 9.42. The second-order valence-corrected chi connectivity index (χ2v) is 4.78. The van der Waals surface area contributed by atoms with Crippen molar-refractivity contribution in [3.8, 4) is 23.7 Å². The van der Waals surface area contributed by atoms with E-state index in [9.17, 15) is 5.11 Å². The van der Waals surface area contributed by atoms with Gasteiger partial charge < -0.3 is 9.84 Å². The molecule has 0 saturated heterocycles. The number of aliphatic hydroxyl groups excluding tert-OH is 1. The first-order valence-electron chi connectivity index (χ1n) is 7.18. The maximum atomic E-state index is 9.77. The van der Waals surface area contributed by atoms with E-state index in [2.05, 4.69) is 23.7 Å². The normalized spacial score (nSPS) is 10.8. The minimum Gasteiger partial charge on any atom is -0.390 e. The topological polar surface area (TPSA) is 29.5 Å². The Hall–Kier alpha value is -2.52. The van der Waals surface area contributed by atoms with E-state index in [1.807, 2.05) is 60.7 Å². The first-order chi connectivity index (χ1) is 10.8. The fraction of sp³-hybridized carbons (Fsp3) is 0.200. The second-order valence-electron chi connectivity index (χ2n) is 4.78. The first-order valence-corrected chi connectivity index (χ1v) is 7.18. The van der Waals surface area contributed by atoms with Crippen LogP contribution in [0.5, 0.6) is 0 Å². The highest BCUT2D eigenvalue weighted by Crippen LogP contribution is 2.01. The molecule has 0 aliphatic heterocycles. The molecular formula is C20H18O2. The van der Waals surface area contributed by atoms with Gasteiger partial charge in [-0.25, -0.2) is 0 Å². The summed E-state index contributed by atoms with van der Waals surface area (Å²) >= 11 is 0. The summed E-state index contributed by atoms with van der Waals surface area (Å²) in [4.78, 5) is 0. The molecule has 22 heavy (non-hydrogen) atoms. The standard InChI is InChI=1S/C20H18O2/c21-20(17-22-16-19-13-7-2-8-14-19)15-9-3-6-12-18-10-4-1-5-11-18/h1-2,4-5,7-8,10-11,13-14,20-21H,15-17H2/t20-/m1/s1. The largest absolute Gasteiger partial charge is 0.390 e. The number of ether oxygens (including phenoxy) is 1. The fourth-order valence-corrected chi connectivity index (χ4v) is 1.78. The van der Waals surface area contributed by atoms with Gasteiger partial charge >= 0.3 is 0 Å². The van der Waals surface area contributed by atoms with Crippen LogP contribution in [-0.4, -0.2) is 17.8 Å². The van der Waals surface area contributed by atoms with E-state index in [0.717, 1.165) is 11.1 Å². The van der Waals surface area contributed by atoms with Crippen LogP contribution in [0, 0.1) is 23.7 Å². The van der Waals surface area contributed by atoms with Gasteiger partial charge in [-0.05, 0) is 29.5 Å². The van der Waals surface area contributed by atoms with Crippen molar-refractivity contribution in [2.45, 2.75) is 19.1 Å². The smallest absolute Gasteiger partial charge is 0.0883 e. The summed E-state index contributed by atoms with van der Waals surface area (Å²) in [6, 6.07) is 19.6. The molecule has 2 aromatic carbocycles. The average Bonchev–Trinajstić information content (AvgIpc) is 2.56. The molecule has 0 aliphatic carbocycles. The van der Waals surface area contributed by atoms with Crippen molar-refractivity contribution < 1.29 is 9.84 Å². The zero-order valence-corrected chi connectivity index (χ0v) is 12.3. The fourth-order valence-electron chi connectivity index (χ4n) is 1.78. The Bertz CT molecular complexity index is 670. The third-order valence-electron chi connectivity index (χ3n) is 2.89. The highest BCUT2D eigenvalue weighted by Gasteiger charge is 2.01. The highest BCUT2D eigenvalue weighted by molar-refractivity contribution is 5.39. The Labute approximate surface area is 131 Å². The minimum absolute atomic E-state index is 0.274. The van der Waals surface area contributed by atoms with Crippen molar-refractivity contribution in [3.05, 3.63) is 71.8 Å². The van der Waals surface area contributed by atoms with Crippen molar-refractivity contribution >= 4 is 0 Å². The summed E-state index contributed by atoms with van der Waals surface area (Å²) in [6.07, 6.45) is -0.229. The summed E-state index contributed by atoms with van der Waals surface area (Å²) in [5.41, 5.74) is 2.03. The number of benzene rings is 2. The van der Waals surface area contributed by atoms with Gasteiger partial charge in [0.1, 0.15) is 0 Å².